The molecule has 0 saturated heterocycles. The Morgan fingerprint density at radius 3 is 2.00 bits per heavy atom. The van der Waals surface area contributed by atoms with Crippen molar-refractivity contribution in [3.8, 4) is 11.5 Å². The van der Waals surface area contributed by atoms with E-state index in [9.17, 15) is 18.0 Å². The molecule has 0 aliphatic carbocycles. The van der Waals surface area contributed by atoms with Crippen LogP contribution in [0.1, 0.15) is 32.8 Å². The summed E-state index contributed by atoms with van der Waals surface area (Å²) in [4.78, 5) is 28.4. The Morgan fingerprint density at radius 1 is 0.881 bits per heavy atom. The number of benzene rings is 3. The van der Waals surface area contributed by atoms with E-state index in [1.54, 1.807) is 31.2 Å². The molecular formula is C30H35Cl2N3O6S. The van der Waals surface area contributed by atoms with Crippen molar-refractivity contribution in [1.82, 2.24) is 10.2 Å². The van der Waals surface area contributed by atoms with Crippen molar-refractivity contribution in [2.24, 2.45) is 0 Å². The quantitative estimate of drug-likeness (QED) is 0.264. The monoisotopic (exact) mass is 635 g/mol. The molecule has 0 fully saturated rings. The summed E-state index contributed by atoms with van der Waals surface area (Å²) in [7, 11) is -1.47. The van der Waals surface area contributed by atoms with E-state index in [0.29, 0.717) is 22.2 Å². The van der Waals surface area contributed by atoms with Crippen molar-refractivity contribution in [2.45, 2.75) is 50.7 Å². The highest BCUT2D eigenvalue weighted by Crippen LogP contribution is 2.32. The highest BCUT2D eigenvalue weighted by atomic mass is 35.5. The number of carbonyl (C=O) groups excluding carboxylic acids is 2. The first kappa shape index (κ1) is 33.0. The maximum absolute atomic E-state index is 14.1. The number of hydrogen-bond donors (Lipinski definition) is 1. The summed E-state index contributed by atoms with van der Waals surface area (Å²) in [6.07, 6.45) is 0.706. The van der Waals surface area contributed by atoms with E-state index in [4.69, 9.17) is 32.7 Å². The number of nitrogens with one attached hydrogen (secondary N) is 1. The van der Waals surface area contributed by atoms with Crippen molar-refractivity contribution >= 4 is 50.7 Å². The van der Waals surface area contributed by atoms with Gasteiger partial charge in [-0.25, -0.2) is 8.42 Å². The zero-order valence-electron chi connectivity index (χ0n) is 24.1. The van der Waals surface area contributed by atoms with Crippen LogP contribution in [0.3, 0.4) is 0 Å². The lowest BCUT2D eigenvalue weighted by molar-refractivity contribution is -0.139. The van der Waals surface area contributed by atoms with E-state index < -0.39 is 28.5 Å². The molecule has 0 spiro atoms. The van der Waals surface area contributed by atoms with Gasteiger partial charge in [-0.2, -0.15) is 0 Å². The minimum Gasteiger partial charge on any atom is -0.493 e. The molecule has 3 rings (SSSR count). The molecule has 2 amide bonds. The molecule has 9 nitrogen and oxygen atoms in total. The molecule has 1 N–H and O–H groups in total. The van der Waals surface area contributed by atoms with E-state index in [2.05, 4.69) is 5.32 Å². The Bertz CT molecular complexity index is 1480. The van der Waals surface area contributed by atoms with Gasteiger partial charge >= 0.3 is 0 Å². The first-order valence-electron chi connectivity index (χ1n) is 13.3. The number of nitrogens with zero attached hydrogens (tertiary/aromatic N) is 2. The zero-order valence-corrected chi connectivity index (χ0v) is 26.5. The van der Waals surface area contributed by atoms with E-state index >= 15 is 0 Å². The second-order valence-corrected chi connectivity index (χ2v) is 12.4. The number of amides is 2. The number of rotatable bonds is 13. The summed E-state index contributed by atoms with van der Waals surface area (Å²) in [6.45, 7) is 4.88. The number of methoxy groups -OCH3 is 2. The molecule has 0 bridgehead atoms. The van der Waals surface area contributed by atoms with Gasteiger partial charge in [0.25, 0.3) is 10.0 Å². The first-order valence-corrected chi connectivity index (χ1v) is 15.5. The number of hydrogen-bond acceptors (Lipinski definition) is 6. The van der Waals surface area contributed by atoms with Gasteiger partial charge in [0.2, 0.25) is 11.8 Å². The first-order chi connectivity index (χ1) is 19.9. The zero-order chi connectivity index (χ0) is 31.0. The van der Waals surface area contributed by atoms with Gasteiger partial charge in [-0.3, -0.25) is 13.9 Å². The Morgan fingerprint density at radius 2 is 1.45 bits per heavy atom. The summed E-state index contributed by atoms with van der Waals surface area (Å²) in [5.74, 6) is -0.385. The van der Waals surface area contributed by atoms with Crippen LogP contribution in [0.25, 0.3) is 0 Å². The third-order valence-corrected chi connectivity index (χ3v) is 9.04. The van der Waals surface area contributed by atoms with Crippen molar-refractivity contribution in [3.63, 3.8) is 0 Å². The summed E-state index contributed by atoms with van der Waals surface area (Å²) in [5, 5.41) is 3.82. The molecule has 12 heteroatoms. The van der Waals surface area contributed by atoms with Crippen LogP contribution in [0.5, 0.6) is 11.5 Å². The van der Waals surface area contributed by atoms with Crippen LogP contribution in [0, 0.1) is 0 Å². The second kappa shape index (κ2) is 14.6. The minimum atomic E-state index is -4.31. The fourth-order valence-corrected chi connectivity index (χ4v) is 5.76. The molecule has 3 aromatic rings. The lowest BCUT2D eigenvalue weighted by Gasteiger charge is -2.32. The van der Waals surface area contributed by atoms with Crippen LogP contribution in [-0.2, 0) is 26.2 Å². The Labute approximate surface area is 257 Å². The molecule has 0 unspecified atom stereocenters. The highest BCUT2D eigenvalue weighted by Gasteiger charge is 2.33. The molecule has 0 aliphatic rings. The van der Waals surface area contributed by atoms with Crippen LogP contribution in [0.2, 0.25) is 10.0 Å². The van der Waals surface area contributed by atoms with Crippen LogP contribution < -0.4 is 19.1 Å². The maximum atomic E-state index is 14.1. The molecule has 0 aromatic heterocycles. The molecule has 0 aliphatic heterocycles. The fourth-order valence-electron chi connectivity index (χ4n) is 4.07. The van der Waals surface area contributed by atoms with E-state index in [1.165, 1.54) is 61.6 Å². The van der Waals surface area contributed by atoms with Gasteiger partial charge in [0.05, 0.1) is 24.8 Å². The Hall–Kier alpha value is -3.47. The van der Waals surface area contributed by atoms with E-state index in [1.807, 2.05) is 13.8 Å². The van der Waals surface area contributed by atoms with Crippen LogP contribution >= 0.6 is 23.2 Å². The molecule has 42 heavy (non-hydrogen) atoms. The smallest absolute Gasteiger partial charge is 0.264 e. The third kappa shape index (κ3) is 8.08. The van der Waals surface area contributed by atoms with Crippen molar-refractivity contribution in [2.75, 3.05) is 25.1 Å². The largest absolute Gasteiger partial charge is 0.493 e. The molecule has 0 saturated carbocycles. The predicted octanol–water partition coefficient (Wildman–Crippen LogP) is 5.54. The topological polar surface area (TPSA) is 105 Å². The van der Waals surface area contributed by atoms with Crippen LogP contribution in [0.4, 0.5) is 5.69 Å². The minimum absolute atomic E-state index is 0.0515. The fraction of sp³-hybridized carbons (Fsp3) is 0.333. The number of ether oxygens (including phenoxy) is 2. The summed E-state index contributed by atoms with van der Waals surface area (Å²) >= 11 is 12.1. The molecule has 3 aromatic carbocycles. The van der Waals surface area contributed by atoms with Gasteiger partial charge < -0.3 is 19.7 Å². The SMILES string of the molecule is CC[C@H](C)NC(=O)[C@@H](C)N(Cc1ccc(Cl)cc1)C(=O)CN(c1ccc(Cl)cc1)S(=O)(=O)c1ccc(OC)c(OC)c1. The molecular weight excluding hydrogens is 601 g/mol. The van der Waals surface area contributed by atoms with E-state index in [-0.39, 0.29) is 34.8 Å². The van der Waals surface area contributed by atoms with Gasteiger partial charge in [0.15, 0.2) is 11.5 Å². The van der Waals surface area contributed by atoms with Crippen LogP contribution in [-0.4, -0.2) is 58.0 Å². The maximum Gasteiger partial charge on any atom is 0.264 e. The van der Waals surface area contributed by atoms with Gasteiger partial charge in [-0.15, -0.1) is 0 Å². The van der Waals surface area contributed by atoms with Crippen LogP contribution in [0.15, 0.2) is 71.6 Å². The summed E-state index contributed by atoms with van der Waals surface area (Å²) < 4.78 is 39.7. The molecule has 226 valence electrons. The lowest BCUT2D eigenvalue weighted by atomic mass is 10.1. The molecule has 2 atom stereocenters. The predicted molar refractivity (Wildman–Crippen MR) is 165 cm³/mol. The summed E-state index contributed by atoms with van der Waals surface area (Å²) in [6, 6.07) is 16.1. The number of halogens is 2. The normalized spacial score (nSPS) is 12.6. The van der Waals surface area contributed by atoms with Gasteiger partial charge in [0.1, 0.15) is 12.6 Å². The Kier molecular flexibility index (Phi) is 11.5. The van der Waals surface area contributed by atoms with Gasteiger partial charge in [-0.05, 0) is 74.4 Å². The highest BCUT2D eigenvalue weighted by molar-refractivity contribution is 7.92. The number of carbonyl (C=O) groups is 2. The second-order valence-electron chi connectivity index (χ2n) is 9.65. The van der Waals surface area contributed by atoms with Crippen molar-refractivity contribution in [3.05, 3.63) is 82.3 Å². The third-order valence-electron chi connectivity index (χ3n) is 6.77. The molecule has 0 radical (unpaired) electrons. The lowest BCUT2D eigenvalue weighted by Crippen LogP contribution is -2.52. The number of anilines is 1. The van der Waals surface area contributed by atoms with Crippen molar-refractivity contribution < 1.29 is 27.5 Å². The van der Waals surface area contributed by atoms with E-state index in [0.717, 1.165) is 9.87 Å². The van der Waals surface area contributed by atoms with Crippen molar-refractivity contribution in [1.29, 1.82) is 0 Å². The van der Waals surface area contributed by atoms with Gasteiger partial charge in [0, 0.05) is 28.7 Å². The summed E-state index contributed by atoms with van der Waals surface area (Å²) in [5.41, 5.74) is 0.933. The number of sulfonamides is 1. The Balaban J connectivity index is 2.06. The molecule has 0 heterocycles. The van der Waals surface area contributed by atoms with Gasteiger partial charge in [-0.1, -0.05) is 42.3 Å². The average Bonchev–Trinajstić information content (AvgIpc) is 2.98. The standard InChI is InChI=1S/C30H35Cl2N3O6S/c1-6-20(2)33-30(37)21(3)34(18-22-7-9-23(31)10-8-22)29(36)19-35(25-13-11-24(32)12-14-25)42(38,39)26-15-16-27(40-4)28(17-26)41-5/h7-17,20-21H,6,18-19H2,1-5H3,(H,33,37)/t20-,21+/m0/s1. The average molecular weight is 637 g/mol.